The van der Waals surface area contributed by atoms with Gasteiger partial charge in [0, 0.05) is 17.4 Å². The quantitative estimate of drug-likeness (QED) is 0.649. The van der Waals surface area contributed by atoms with Crippen LogP contribution in [0.1, 0.15) is 18.7 Å². The summed E-state index contributed by atoms with van der Waals surface area (Å²) in [6.07, 6.45) is 5.56. The minimum absolute atomic E-state index is 0.500. The fourth-order valence-corrected chi connectivity index (χ4v) is 2.84. The van der Waals surface area contributed by atoms with Crippen LogP contribution in [-0.2, 0) is 6.42 Å². The predicted molar refractivity (Wildman–Crippen MR) is 85.0 cm³/mol. The number of hydrogen-bond acceptors (Lipinski definition) is 4. The number of thioether (sulfide) groups is 1. The smallest absolute Gasteiger partial charge is 0.135 e. The van der Waals surface area contributed by atoms with Gasteiger partial charge in [0.2, 0.25) is 0 Å². The molecule has 20 heavy (non-hydrogen) atoms. The molecule has 3 nitrogen and oxygen atoms in total. The second kappa shape index (κ2) is 6.02. The molecule has 2 aromatic rings. The Bertz CT molecular complexity index is 614. The molecule has 1 aliphatic carbocycles. The van der Waals surface area contributed by atoms with E-state index in [0.717, 1.165) is 29.7 Å². The molecule has 1 fully saturated rings. The highest BCUT2D eigenvalue weighted by atomic mass is 35.5. The number of halogens is 1. The molecule has 0 spiro atoms. The number of benzene rings is 1. The monoisotopic (exact) mass is 305 g/mol. The molecular formula is C15H16ClN3S. The van der Waals surface area contributed by atoms with Crippen LogP contribution in [0.4, 0.5) is 11.5 Å². The van der Waals surface area contributed by atoms with Gasteiger partial charge in [-0.1, -0.05) is 23.7 Å². The summed E-state index contributed by atoms with van der Waals surface area (Å²) in [5.74, 6) is 2.35. The summed E-state index contributed by atoms with van der Waals surface area (Å²) in [5, 5.41) is 3.84. The van der Waals surface area contributed by atoms with E-state index in [1.54, 1.807) is 17.8 Å². The first-order valence-corrected chi connectivity index (χ1v) is 8.28. The minimum Gasteiger partial charge on any atom is -0.339 e. The molecule has 0 radical (unpaired) electrons. The zero-order valence-corrected chi connectivity index (χ0v) is 12.8. The van der Waals surface area contributed by atoms with Crippen molar-refractivity contribution in [3.63, 3.8) is 0 Å². The first-order chi connectivity index (χ1) is 9.74. The van der Waals surface area contributed by atoms with Gasteiger partial charge in [0.05, 0.1) is 5.69 Å². The fourth-order valence-electron chi connectivity index (χ4n) is 2.09. The maximum Gasteiger partial charge on any atom is 0.135 e. The third-order valence-corrected chi connectivity index (χ3v) is 4.27. The number of aromatic nitrogens is 2. The minimum atomic E-state index is 0.500. The lowest BCUT2D eigenvalue weighted by Crippen LogP contribution is -2.02. The molecular weight excluding hydrogens is 290 g/mol. The summed E-state index contributed by atoms with van der Waals surface area (Å²) in [6, 6.07) is 9.94. The van der Waals surface area contributed by atoms with E-state index in [4.69, 9.17) is 11.6 Å². The first kappa shape index (κ1) is 13.7. The average Bonchev–Trinajstić information content (AvgIpc) is 3.22. The van der Waals surface area contributed by atoms with Crippen molar-refractivity contribution in [2.75, 3.05) is 11.6 Å². The predicted octanol–water partition coefficient (Wildman–Crippen LogP) is 4.55. The first-order valence-electron chi connectivity index (χ1n) is 6.68. The Morgan fingerprint density at radius 2 is 2.10 bits per heavy atom. The van der Waals surface area contributed by atoms with Crippen molar-refractivity contribution in [3.05, 3.63) is 41.3 Å². The van der Waals surface area contributed by atoms with Crippen LogP contribution >= 0.6 is 23.4 Å². The normalized spacial score (nSPS) is 14.3. The molecule has 1 aromatic heterocycles. The van der Waals surface area contributed by atoms with Crippen molar-refractivity contribution in [3.8, 4) is 0 Å². The molecule has 0 bridgehead atoms. The largest absolute Gasteiger partial charge is 0.339 e. The van der Waals surface area contributed by atoms with Crippen LogP contribution in [0.3, 0.4) is 0 Å². The van der Waals surface area contributed by atoms with Gasteiger partial charge in [-0.3, -0.25) is 0 Å². The van der Waals surface area contributed by atoms with Crippen LogP contribution < -0.4 is 5.32 Å². The van der Waals surface area contributed by atoms with Crippen molar-refractivity contribution < 1.29 is 0 Å². The lowest BCUT2D eigenvalue weighted by Gasteiger charge is -2.10. The van der Waals surface area contributed by atoms with E-state index in [0.29, 0.717) is 5.15 Å². The van der Waals surface area contributed by atoms with Crippen molar-refractivity contribution in [2.24, 2.45) is 5.92 Å². The number of hydrogen-bond donors (Lipinski definition) is 1. The van der Waals surface area contributed by atoms with Crippen molar-refractivity contribution in [2.45, 2.75) is 24.2 Å². The van der Waals surface area contributed by atoms with Crippen LogP contribution in [-0.4, -0.2) is 16.2 Å². The molecule has 0 amide bonds. The second-order valence-corrected chi connectivity index (χ2v) is 6.20. The van der Waals surface area contributed by atoms with Crippen molar-refractivity contribution in [1.29, 1.82) is 0 Å². The van der Waals surface area contributed by atoms with Crippen molar-refractivity contribution in [1.82, 2.24) is 9.97 Å². The molecule has 1 aliphatic rings. The standard InChI is InChI=1S/C15H16ClN3S/c1-20-12-5-3-2-4-11(12)17-15-9-13(16)18-14(19-15)8-10-6-7-10/h2-5,9-10H,6-8H2,1H3,(H,17,18,19). The third-order valence-electron chi connectivity index (χ3n) is 3.28. The van der Waals surface area contributed by atoms with E-state index < -0.39 is 0 Å². The van der Waals surface area contributed by atoms with Crippen LogP contribution in [0.15, 0.2) is 35.2 Å². The van der Waals surface area contributed by atoms with E-state index in [1.807, 2.05) is 18.2 Å². The van der Waals surface area contributed by atoms with E-state index in [9.17, 15) is 0 Å². The van der Waals surface area contributed by atoms with Gasteiger partial charge >= 0.3 is 0 Å². The molecule has 1 saturated carbocycles. The van der Waals surface area contributed by atoms with Gasteiger partial charge in [-0.15, -0.1) is 11.8 Å². The fraction of sp³-hybridized carbons (Fsp3) is 0.333. The zero-order chi connectivity index (χ0) is 13.9. The highest BCUT2D eigenvalue weighted by Gasteiger charge is 2.23. The summed E-state index contributed by atoms with van der Waals surface area (Å²) >= 11 is 7.80. The SMILES string of the molecule is CSc1ccccc1Nc1cc(Cl)nc(CC2CC2)n1. The Balaban J connectivity index is 1.83. The summed E-state index contributed by atoms with van der Waals surface area (Å²) < 4.78 is 0. The summed E-state index contributed by atoms with van der Waals surface area (Å²) in [6.45, 7) is 0. The number of anilines is 2. The summed E-state index contributed by atoms with van der Waals surface area (Å²) in [4.78, 5) is 10.1. The van der Waals surface area contributed by atoms with Gasteiger partial charge in [-0.2, -0.15) is 0 Å². The molecule has 0 atom stereocenters. The van der Waals surface area contributed by atoms with E-state index in [1.165, 1.54) is 17.7 Å². The second-order valence-electron chi connectivity index (χ2n) is 4.96. The summed E-state index contributed by atoms with van der Waals surface area (Å²) in [7, 11) is 0. The van der Waals surface area contributed by atoms with Gasteiger partial charge in [0.15, 0.2) is 0 Å². The van der Waals surface area contributed by atoms with Gasteiger partial charge in [0.1, 0.15) is 16.8 Å². The molecule has 3 rings (SSSR count). The topological polar surface area (TPSA) is 37.8 Å². The number of para-hydroxylation sites is 1. The Labute approximate surface area is 128 Å². The van der Waals surface area contributed by atoms with Crippen molar-refractivity contribution >= 4 is 34.9 Å². The van der Waals surface area contributed by atoms with Gasteiger partial charge in [0.25, 0.3) is 0 Å². The molecule has 0 saturated heterocycles. The Hall–Kier alpha value is -1.26. The molecule has 1 aromatic carbocycles. The van der Waals surface area contributed by atoms with E-state index >= 15 is 0 Å². The number of rotatable bonds is 5. The number of nitrogens with zero attached hydrogens (tertiary/aromatic N) is 2. The van der Waals surface area contributed by atoms with Crippen LogP contribution in [0.5, 0.6) is 0 Å². The van der Waals surface area contributed by atoms with Gasteiger partial charge < -0.3 is 5.32 Å². The van der Waals surface area contributed by atoms with E-state index in [-0.39, 0.29) is 0 Å². The highest BCUT2D eigenvalue weighted by molar-refractivity contribution is 7.98. The van der Waals surface area contributed by atoms with Gasteiger partial charge in [-0.05, 0) is 37.1 Å². The third kappa shape index (κ3) is 3.44. The average molecular weight is 306 g/mol. The van der Waals surface area contributed by atoms with Crippen LogP contribution in [0.2, 0.25) is 5.15 Å². The molecule has 0 aliphatic heterocycles. The summed E-state index contributed by atoms with van der Waals surface area (Å²) in [5.41, 5.74) is 1.05. The van der Waals surface area contributed by atoms with Gasteiger partial charge in [-0.25, -0.2) is 9.97 Å². The van der Waals surface area contributed by atoms with Crippen LogP contribution in [0.25, 0.3) is 0 Å². The number of nitrogens with one attached hydrogen (secondary N) is 1. The highest BCUT2D eigenvalue weighted by Crippen LogP contribution is 2.33. The van der Waals surface area contributed by atoms with Crippen LogP contribution in [0, 0.1) is 5.92 Å². The Kier molecular flexibility index (Phi) is 4.13. The van der Waals surface area contributed by atoms with E-state index in [2.05, 4.69) is 27.6 Å². The maximum atomic E-state index is 6.10. The molecule has 5 heteroatoms. The Morgan fingerprint density at radius 1 is 1.30 bits per heavy atom. The lowest BCUT2D eigenvalue weighted by molar-refractivity contribution is 0.771. The molecule has 1 N–H and O–H groups in total. The lowest BCUT2D eigenvalue weighted by atomic mass is 10.3. The molecule has 0 unspecified atom stereocenters. The molecule has 1 heterocycles. The maximum absolute atomic E-state index is 6.10. The molecule has 104 valence electrons. The zero-order valence-electron chi connectivity index (χ0n) is 11.3. The Morgan fingerprint density at radius 3 is 2.85 bits per heavy atom.